The molecule has 0 saturated carbocycles. The fourth-order valence-corrected chi connectivity index (χ4v) is 0.655. The van der Waals surface area contributed by atoms with Crippen LogP contribution in [0.2, 0.25) is 0 Å². The van der Waals surface area contributed by atoms with Crippen molar-refractivity contribution in [3.63, 3.8) is 0 Å². The van der Waals surface area contributed by atoms with Crippen LogP contribution >= 0.6 is 0 Å². The smallest absolute Gasteiger partial charge is 0.404 e. The zero-order valence-corrected chi connectivity index (χ0v) is 7.83. The van der Waals surface area contributed by atoms with Crippen molar-refractivity contribution < 1.29 is 19.1 Å². The van der Waals surface area contributed by atoms with E-state index in [4.69, 9.17) is 0 Å². The molecule has 0 aromatic rings. The summed E-state index contributed by atoms with van der Waals surface area (Å²) in [6.45, 7) is 3.15. The molecule has 0 radical (unpaired) electrons. The monoisotopic (exact) mass is 203 g/mol. The molecule has 80 valence electrons. The van der Waals surface area contributed by atoms with Crippen molar-refractivity contribution in [3.8, 4) is 0 Å². The first-order valence-corrected chi connectivity index (χ1v) is 4.06. The van der Waals surface area contributed by atoms with Gasteiger partial charge in [0.25, 0.3) is 0 Å². The van der Waals surface area contributed by atoms with E-state index in [0.717, 1.165) is 0 Å². The third-order valence-electron chi connectivity index (χ3n) is 1.19. The summed E-state index contributed by atoms with van der Waals surface area (Å²) >= 11 is 0. The van der Waals surface area contributed by atoms with Gasteiger partial charge in [-0.15, -0.1) is 0 Å². The molecule has 4 N–H and O–H groups in total. The van der Waals surface area contributed by atoms with Crippen LogP contribution in [0.3, 0.4) is 0 Å². The van der Waals surface area contributed by atoms with Gasteiger partial charge >= 0.3 is 17.9 Å². The fourth-order valence-electron chi connectivity index (χ4n) is 0.655. The highest BCUT2D eigenvalue weighted by Crippen LogP contribution is 1.73. The van der Waals surface area contributed by atoms with E-state index in [-0.39, 0.29) is 0 Å². The lowest BCUT2D eigenvalue weighted by molar-refractivity contribution is -0.140. The van der Waals surface area contributed by atoms with Gasteiger partial charge in [0.2, 0.25) is 0 Å². The van der Waals surface area contributed by atoms with E-state index in [1.807, 2.05) is 0 Å². The number of carbonyl (C=O) groups excluding carboxylic acids is 3. The van der Waals surface area contributed by atoms with E-state index in [1.165, 1.54) is 0 Å². The maximum absolute atomic E-state index is 10.3. The van der Waals surface area contributed by atoms with Gasteiger partial charge in [-0.25, -0.2) is 4.79 Å². The molecule has 0 atom stereocenters. The Labute approximate surface area is 81.0 Å². The van der Waals surface area contributed by atoms with Crippen molar-refractivity contribution in [1.29, 1.82) is 0 Å². The van der Waals surface area contributed by atoms with E-state index in [0.29, 0.717) is 19.7 Å². The number of rotatable bonds is 1. The van der Waals surface area contributed by atoms with E-state index >= 15 is 0 Å². The average Bonchev–Trinajstić information content (AvgIpc) is 2.11. The molecule has 7 heteroatoms. The van der Waals surface area contributed by atoms with Crippen molar-refractivity contribution >= 4 is 17.9 Å². The number of ether oxygens (including phenoxy) is 1. The molecule has 0 aromatic carbocycles. The van der Waals surface area contributed by atoms with Crippen LogP contribution in [0.4, 0.5) is 4.79 Å². The minimum absolute atomic E-state index is 0.356. The number of amides is 3. The predicted molar refractivity (Wildman–Crippen MR) is 47.2 cm³/mol. The molecule has 1 rings (SSSR count). The maximum Gasteiger partial charge on any atom is 0.404 e. The summed E-state index contributed by atoms with van der Waals surface area (Å²) in [5.74, 6) is -1.06. The number of piperazine rings is 1. The Morgan fingerprint density at radius 1 is 1.36 bits per heavy atom. The number of hydrogen-bond acceptors (Lipinski definition) is 4. The standard InChI is InChI=1S/C4H6N2O2.C3H7NO2/c7-3-4(8)6-2-1-5-3;1-2-6-3(4)5/h1-2H2,(H,5,7)(H,6,8);2H2,1H3,(H2,4,5). The van der Waals surface area contributed by atoms with Crippen LogP contribution in [0.25, 0.3) is 0 Å². The van der Waals surface area contributed by atoms with Crippen molar-refractivity contribution in [1.82, 2.24) is 10.6 Å². The van der Waals surface area contributed by atoms with Gasteiger partial charge < -0.3 is 21.1 Å². The first kappa shape index (κ1) is 12.2. The van der Waals surface area contributed by atoms with Crippen LogP contribution in [-0.4, -0.2) is 37.6 Å². The van der Waals surface area contributed by atoms with Crippen molar-refractivity contribution in [3.05, 3.63) is 0 Å². The Balaban J connectivity index is 0.000000255. The second kappa shape index (κ2) is 6.70. The number of primary amides is 1. The molecule has 14 heavy (non-hydrogen) atoms. The van der Waals surface area contributed by atoms with E-state index < -0.39 is 17.9 Å². The molecule has 0 bridgehead atoms. The lowest BCUT2D eigenvalue weighted by Gasteiger charge is -2.10. The van der Waals surface area contributed by atoms with Gasteiger partial charge in [-0.3, -0.25) is 9.59 Å². The fraction of sp³-hybridized carbons (Fsp3) is 0.571. The van der Waals surface area contributed by atoms with E-state index in [1.54, 1.807) is 6.92 Å². The normalized spacial score (nSPS) is 14.4. The maximum atomic E-state index is 10.3. The molecule has 0 spiro atoms. The van der Waals surface area contributed by atoms with Gasteiger partial charge in [-0.05, 0) is 6.92 Å². The third-order valence-corrected chi connectivity index (χ3v) is 1.19. The Kier molecular flexibility index (Phi) is 5.84. The van der Waals surface area contributed by atoms with Gasteiger partial charge in [0.1, 0.15) is 0 Å². The van der Waals surface area contributed by atoms with Crippen LogP contribution < -0.4 is 16.4 Å². The second-order valence-electron chi connectivity index (χ2n) is 2.26. The van der Waals surface area contributed by atoms with Crippen LogP contribution in [-0.2, 0) is 14.3 Å². The summed E-state index contributed by atoms with van der Waals surface area (Å²) in [4.78, 5) is 30.1. The van der Waals surface area contributed by atoms with Crippen molar-refractivity contribution in [2.24, 2.45) is 5.73 Å². The number of hydrogen-bond donors (Lipinski definition) is 3. The molecule has 1 heterocycles. The van der Waals surface area contributed by atoms with Gasteiger partial charge in [-0.2, -0.15) is 0 Å². The number of carbonyl (C=O) groups is 3. The third kappa shape index (κ3) is 5.81. The highest BCUT2D eigenvalue weighted by molar-refractivity contribution is 6.35. The minimum Gasteiger partial charge on any atom is -0.450 e. The van der Waals surface area contributed by atoms with Crippen LogP contribution in [0.15, 0.2) is 0 Å². The molecular weight excluding hydrogens is 190 g/mol. The number of nitrogens with one attached hydrogen (secondary N) is 2. The molecule has 1 saturated heterocycles. The van der Waals surface area contributed by atoms with Crippen LogP contribution in [0.5, 0.6) is 0 Å². The summed E-state index contributed by atoms with van der Waals surface area (Å²) in [5.41, 5.74) is 4.54. The van der Waals surface area contributed by atoms with Gasteiger partial charge in [0.15, 0.2) is 0 Å². The summed E-state index contributed by atoms with van der Waals surface area (Å²) in [6.07, 6.45) is -0.711. The second-order valence-corrected chi connectivity index (χ2v) is 2.26. The summed E-state index contributed by atoms with van der Waals surface area (Å²) in [7, 11) is 0. The zero-order chi connectivity index (χ0) is 11.0. The lowest BCUT2D eigenvalue weighted by atomic mass is 10.4. The average molecular weight is 203 g/mol. The predicted octanol–water partition coefficient (Wildman–Crippen LogP) is -1.67. The number of nitrogens with two attached hydrogens (primary N) is 1. The van der Waals surface area contributed by atoms with Gasteiger partial charge in [0.05, 0.1) is 6.61 Å². The Morgan fingerprint density at radius 2 is 1.79 bits per heavy atom. The quantitative estimate of drug-likeness (QED) is 0.442. The Hall–Kier alpha value is -1.79. The molecule has 0 aliphatic carbocycles. The lowest BCUT2D eigenvalue weighted by Crippen LogP contribution is -2.49. The minimum atomic E-state index is -0.711. The first-order valence-electron chi connectivity index (χ1n) is 4.06. The SMILES string of the molecule is CCOC(N)=O.O=C1NCCNC1=O. The summed E-state index contributed by atoms with van der Waals surface area (Å²) in [6, 6.07) is 0. The van der Waals surface area contributed by atoms with Gasteiger partial charge in [0, 0.05) is 13.1 Å². The van der Waals surface area contributed by atoms with Crippen molar-refractivity contribution in [2.45, 2.75) is 6.92 Å². The highest BCUT2D eigenvalue weighted by atomic mass is 16.5. The molecule has 1 fully saturated rings. The molecule has 0 aromatic heterocycles. The molecule has 1 aliphatic rings. The largest absolute Gasteiger partial charge is 0.450 e. The Morgan fingerprint density at radius 3 is 1.93 bits per heavy atom. The van der Waals surface area contributed by atoms with Crippen LogP contribution in [0.1, 0.15) is 6.92 Å². The van der Waals surface area contributed by atoms with Crippen molar-refractivity contribution in [2.75, 3.05) is 19.7 Å². The molecular formula is C7H13N3O4. The van der Waals surface area contributed by atoms with Crippen LogP contribution in [0, 0.1) is 0 Å². The molecule has 7 nitrogen and oxygen atoms in total. The van der Waals surface area contributed by atoms with E-state index in [9.17, 15) is 14.4 Å². The van der Waals surface area contributed by atoms with E-state index in [2.05, 4.69) is 21.1 Å². The van der Waals surface area contributed by atoms with Gasteiger partial charge in [-0.1, -0.05) is 0 Å². The highest BCUT2D eigenvalue weighted by Gasteiger charge is 2.15. The molecule has 3 amide bonds. The Bertz CT molecular complexity index is 213. The molecule has 1 aliphatic heterocycles. The summed E-state index contributed by atoms with van der Waals surface area (Å²) in [5, 5.41) is 4.76. The molecule has 0 unspecified atom stereocenters. The summed E-state index contributed by atoms with van der Waals surface area (Å²) < 4.78 is 4.18. The topological polar surface area (TPSA) is 111 Å². The zero-order valence-electron chi connectivity index (χ0n) is 7.83. The first-order chi connectivity index (χ1) is 6.57.